The van der Waals surface area contributed by atoms with Gasteiger partial charge >= 0.3 is 5.97 Å². The second-order valence-corrected chi connectivity index (χ2v) is 6.24. The van der Waals surface area contributed by atoms with E-state index < -0.39 is 10.9 Å². The van der Waals surface area contributed by atoms with Crippen molar-refractivity contribution in [2.24, 2.45) is 0 Å². The maximum absolute atomic E-state index is 12.2. The van der Waals surface area contributed by atoms with Gasteiger partial charge < -0.3 is 14.2 Å². The van der Waals surface area contributed by atoms with E-state index in [1.54, 1.807) is 19.0 Å². The van der Waals surface area contributed by atoms with Gasteiger partial charge in [0.15, 0.2) is 6.61 Å². The number of rotatable bonds is 6. The first kappa shape index (κ1) is 17.5. The smallest absolute Gasteiger partial charge is 0.338 e. The van der Waals surface area contributed by atoms with Gasteiger partial charge in [0, 0.05) is 25.5 Å². The number of nitro groups is 1. The number of hydrogen-bond donors (Lipinski definition) is 0. The second-order valence-electron chi connectivity index (χ2n) is 5.46. The SMILES string of the molecule is CN(C)c1ccc(C(=O)OCc2noc(-c3ccsc3)n2)cc1[N+](=O)[O-]. The minimum absolute atomic E-state index is 0.0730. The third kappa shape index (κ3) is 3.70. The summed E-state index contributed by atoms with van der Waals surface area (Å²) in [6.45, 7) is -0.199. The van der Waals surface area contributed by atoms with Gasteiger partial charge in [-0.2, -0.15) is 16.3 Å². The van der Waals surface area contributed by atoms with E-state index in [9.17, 15) is 14.9 Å². The van der Waals surface area contributed by atoms with Gasteiger partial charge in [-0.15, -0.1) is 0 Å². The van der Waals surface area contributed by atoms with E-state index >= 15 is 0 Å². The molecule has 134 valence electrons. The van der Waals surface area contributed by atoms with Crippen LogP contribution in [0.2, 0.25) is 0 Å². The number of aromatic nitrogens is 2. The van der Waals surface area contributed by atoms with Crippen molar-refractivity contribution in [3.05, 3.63) is 56.5 Å². The van der Waals surface area contributed by atoms with Crippen LogP contribution in [0.5, 0.6) is 0 Å². The molecule has 0 saturated heterocycles. The molecular formula is C16H14N4O5S. The number of nitro benzene ring substituents is 1. The predicted molar refractivity (Wildman–Crippen MR) is 94.2 cm³/mol. The highest BCUT2D eigenvalue weighted by atomic mass is 32.1. The molecule has 1 aromatic carbocycles. The number of esters is 1. The number of carbonyl (C=O) groups is 1. The van der Waals surface area contributed by atoms with Gasteiger partial charge in [0.2, 0.25) is 5.82 Å². The van der Waals surface area contributed by atoms with E-state index in [4.69, 9.17) is 9.26 Å². The number of anilines is 1. The summed E-state index contributed by atoms with van der Waals surface area (Å²) >= 11 is 1.49. The lowest BCUT2D eigenvalue weighted by Crippen LogP contribution is -2.12. The molecule has 0 saturated carbocycles. The van der Waals surface area contributed by atoms with Crippen molar-refractivity contribution in [3.8, 4) is 11.5 Å². The van der Waals surface area contributed by atoms with Gasteiger partial charge in [0.1, 0.15) is 5.69 Å². The Kier molecular flexibility index (Phi) is 4.94. The molecule has 0 spiro atoms. The lowest BCUT2D eigenvalue weighted by Gasteiger charge is -2.13. The first-order valence-electron chi connectivity index (χ1n) is 7.43. The highest BCUT2D eigenvalue weighted by molar-refractivity contribution is 7.08. The van der Waals surface area contributed by atoms with Crippen molar-refractivity contribution in [2.75, 3.05) is 19.0 Å². The van der Waals surface area contributed by atoms with Crippen molar-refractivity contribution in [1.82, 2.24) is 10.1 Å². The molecular weight excluding hydrogens is 360 g/mol. The number of carbonyl (C=O) groups excluding carboxylic acids is 1. The monoisotopic (exact) mass is 374 g/mol. The van der Waals surface area contributed by atoms with Gasteiger partial charge in [-0.25, -0.2) is 4.79 Å². The molecule has 3 aromatic rings. The van der Waals surface area contributed by atoms with Crippen LogP contribution in [0.3, 0.4) is 0 Å². The molecule has 0 atom stereocenters. The van der Waals surface area contributed by atoms with Crippen LogP contribution >= 0.6 is 11.3 Å². The Bertz CT molecular complexity index is 936. The summed E-state index contributed by atoms with van der Waals surface area (Å²) in [5.74, 6) is -0.164. The zero-order valence-electron chi connectivity index (χ0n) is 13.9. The van der Waals surface area contributed by atoms with Crippen molar-refractivity contribution in [1.29, 1.82) is 0 Å². The van der Waals surface area contributed by atoms with E-state index in [0.717, 1.165) is 5.56 Å². The van der Waals surface area contributed by atoms with Gasteiger partial charge in [0.25, 0.3) is 11.6 Å². The summed E-state index contributed by atoms with van der Waals surface area (Å²) in [6, 6.07) is 5.99. The zero-order chi connectivity index (χ0) is 18.7. The highest BCUT2D eigenvalue weighted by Gasteiger charge is 2.20. The quantitative estimate of drug-likeness (QED) is 0.367. The molecule has 0 radical (unpaired) electrons. The van der Waals surface area contributed by atoms with Crippen molar-refractivity contribution >= 4 is 28.7 Å². The molecule has 9 nitrogen and oxygen atoms in total. The summed E-state index contributed by atoms with van der Waals surface area (Å²) in [4.78, 5) is 28.5. The normalized spacial score (nSPS) is 10.5. The van der Waals surface area contributed by atoms with Crippen LogP contribution in [0.25, 0.3) is 11.5 Å². The number of thiophene rings is 1. The summed E-state index contributed by atoms with van der Waals surface area (Å²) in [7, 11) is 3.36. The standard InChI is InChI=1S/C16H14N4O5S/c1-19(2)12-4-3-10(7-13(12)20(22)23)16(21)24-8-14-17-15(25-18-14)11-5-6-26-9-11/h3-7,9H,8H2,1-2H3. The van der Waals surface area contributed by atoms with Crippen LogP contribution < -0.4 is 4.90 Å². The molecule has 0 amide bonds. The van der Waals surface area contributed by atoms with E-state index in [0.29, 0.717) is 11.6 Å². The maximum Gasteiger partial charge on any atom is 0.338 e. The predicted octanol–water partition coefficient (Wildman–Crippen LogP) is 3.13. The molecule has 26 heavy (non-hydrogen) atoms. The molecule has 0 bridgehead atoms. The van der Waals surface area contributed by atoms with Crippen molar-refractivity contribution < 1.29 is 19.0 Å². The summed E-state index contributed by atoms with van der Waals surface area (Å²) in [5, 5.41) is 18.7. The fourth-order valence-corrected chi connectivity index (χ4v) is 2.83. The summed E-state index contributed by atoms with van der Waals surface area (Å²) in [6.07, 6.45) is 0. The fraction of sp³-hybridized carbons (Fsp3) is 0.188. The van der Waals surface area contributed by atoms with Crippen LogP contribution in [0, 0.1) is 10.1 Å². The molecule has 0 unspecified atom stereocenters. The maximum atomic E-state index is 12.2. The summed E-state index contributed by atoms with van der Waals surface area (Å²) < 4.78 is 10.2. The molecule has 2 heterocycles. The van der Waals surface area contributed by atoms with E-state index in [1.165, 1.54) is 29.5 Å². The Morgan fingerprint density at radius 1 is 1.38 bits per heavy atom. The van der Waals surface area contributed by atoms with Crippen molar-refractivity contribution in [2.45, 2.75) is 6.61 Å². The topological polar surface area (TPSA) is 112 Å². The first-order chi connectivity index (χ1) is 12.5. The van der Waals surface area contributed by atoms with Gasteiger partial charge in [-0.3, -0.25) is 10.1 Å². The molecule has 0 aliphatic heterocycles. The third-order valence-electron chi connectivity index (χ3n) is 3.46. The van der Waals surface area contributed by atoms with E-state index in [2.05, 4.69) is 10.1 Å². The molecule has 0 aliphatic carbocycles. The molecule has 0 fully saturated rings. The molecule has 10 heteroatoms. The minimum atomic E-state index is -0.708. The second kappa shape index (κ2) is 7.31. The highest BCUT2D eigenvalue weighted by Crippen LogP contribution is 2.28. The van der Waals surface area contributed by atoms with E-state index in [1.807, 2.05) is 16.8 Å². The average molecular weight is 374 g/mol. The lowest BCUT2D eigenvalue weighted by molar-refractivity contribution is -0.384. The number of benzene rings is 1. The Hall–Kier alpha value is -3.27. The van der Waals surface area contributed by atoms with Crippen LogP contribution in [-0.2, 0) is 11.3 Å². The van der Waals surface area contributed by atoms with Crippen molar-refractivity contribution in [3.63, 3.8) is 0 Å². The van der Waals surface area contributed by atoms with Gasteiger partial charge in [-0.1, -0.05) is 5.16 Å². The Morgan fingerprint density at radius 2 is 2.19 bits per heavy atom. The minimum Gasteiger partial charge on any atom is -0.454 e. The van der Waals surface area contributed by atoms with Gasteiger partial charge in [-0.05, 0) is 23.6 Å². The van der Waals surface area contributed by atoms with Crippen LogP contribution in [0.4, 0.5) is 11.4 Å². The molecule has 0 aliphatic rings. The fourth-order valence-electron chi connectivity index (χ4n) is 2.20. The van der Waals surface area contributed by atoms with Crippen LogP contribution in [0.1, 0.15) is 16.2 Å². The Morgan fingerprint density at radius 3 is 2.85 bits per heavy atom. The van der Waals surface area contributed by atoms with E-state index in [-0.39, 0.29) is 23.7 Å². The average Bonchev–Trinajstić information content (AvgIpc) is 3.30. The third-order valence-corrected chi connectivity index (χ3v) is 4.14. The van der Waals surface area contributed by atoms with Gasteiger partial charge in [0.05, 0.1) is 16.1 Å². The summed E-state index contributed by atoms with van der Waals surface area (Å²) in [5.41, 5.74) is 1.08. The Balaban J connectivity index is 1.70. The first-order valence-corrected chi connectivity index (χ1v) is 8.38. The van der Waals surface area contributed by atoms with Crippen LogP contribution in [-0.4, -0.2) is 35.1 Å². The molecule has 3 rings (SSSR count). The molecule has 0 N–H and O–H groups in total. The Labute approximate surface area is 152 Å². The number of ether oxygens (including phenoxy) is 1. The lowest BCUT2D eigenvalue weighted by atomic mass is 10.1. The number of hydrogen-bond acceptors (Lipinski definition) is 9. The molecule has 2 aromatic heterocycles. The zero-order valence-corrected chi connectivity index (χ0v) is 14.7. The largest absolute Gasteiger partial charge is 0.454 e. The van der Waals surface area contributed by atoms with Crippen LogP contribution in [0.15, 0.2) is 39.5 Å². The number of nitrogens with zero attached hydrogens (tertiary/aromatic N) is 4.